The van der Waals surface area contributed by atoms with E-state index in [0.29, 0.717) is 6.04 Å². The van der Waals surface area contributed by atoms with E-state index in [1.807, 2.05) is 6.07 Å². The molecule has 0 amide bonds. The molecule has 1 unspecified atom stereocenters. The molecule has 3 heteroatoms. The lowest BCUT2D eigenvalue weighted by Crippen LogP contribution is -2.29. The van der Waals surface area contributed by atoms with Crippen molar-refractivity contribution in [2.75, 3.05) is 6.54 Å². The van der Waals surface area contributed by atoms with E-state index in [2.05, 4.69) is 19.2 Å². The fraction of sp³-hybridized carbons (Fsp3) is 0.571. The highest BCUT2D eigenvalue weighted by Gasteiger charge is 2.09. The third-order valence-corrected chi connectivity index (χ3v) is 3.39. The maximum atomic E-state index is 13.2. The predicted octanol–water partition coefficient (Wildman–Crippen LogP) is 4.19. The second-order valence-electron chi connectivity index (χ2n) is 4.31. The number of rotatable bonds is 7. The van der Waals surface area contributed by atoms with Gasteiger partial charge in [-0.05, 0) is 43.9 Å². The van der Waals surface area contributed by atoms with Gasteiger partial charge in [-0.2, -0.15) is 0 Å². The second-order valence-corrected chi connectivity index (χ2v) is 4.69. The van der Waals surface area contributed by atoms with Crippen LogP contribution in [0.3, 0.4) is 0 Å². The number of aryl methyl sites for hydroxylation is 1. The van der Waals surface area contributed by atoms with Crippen molar-refractivity contribution in [3.63, 3.8) is 0 Å². The van der Waals surface area contributed by atoms with Gasteiger partial charge in [-0.3, -0.25) is 0 Å². The number of hydrogen-bond acceptors (Lipinski definition) is 1. The summed E-state index contributed by atoms with van der Waals surface area (Å²) in [4.78, 5) is 0. The maximum absolute atomic E-state index is 13.2. The monoisotopic (exact) mass is 257 g/mol. The van der Waals surface area contributed by atoms with Gasteiger partial charge in [0.05, 0.1) is 5.02 Å². The largest absolute Gasteiger partial charge is 0.314 e. The van der Waals surface area contributed by atoms with E-state index in [4.69, 9.17) is 11.6 Å². The molecule has 0 aliphatic heterocycles. The van der Waals surface area contributed by atoms with Gasteiger partial charge in [-0.25, -0.2) is 4.39 Å². The van der Waals surface area contributed by atoms with Crippen LogP contribution in [0.1, 0.15) is 38.7 Å². The van der Waals surface area contributed by atoms with Crippen molar-refractivity contribution in [1.29, 1.82) is 0 Å². The highest BCUT2D eigenvalue weighted by molar-refractivity contribution is 6.31. The Balaban J connectivity index is 2.50. The molecular formula is C14H21ClFN. The average molecular weight is 258 g/mol. The Bertz CT molecular complexity index is 341. The Labute approximate surface area is 108 Å². The molecule has 1 nitrogen and oxygen atoms in total. The first-order valence-electron chi connectivity index (χ1n) is 6.35. The first kappa shape index (κ1) is 14.5. The predicted molar refractivity (Wildman–Crippen MR) is 72.1 cm³/mol. The zero-order valence-corrected chi connectivity index (χ0v) is 11.4. The van der Waals surface area contributed by atoms with Crippen molar-refractivity contribution in [3.05, 3.63) is 34.6 Å². The molecule has 0 heterocycles. The van der Waals surface area contributed by atoms with E-state index in [0.717, 1.165) is 37.8 Å². The lowest BCUT2D eigenvalue weighted by molar-refractivity contribution is 0.468. The summed E-state index contributed by atoms with van der Waals surface area (Å²) in [5.41, 5.74) is 0.906. The molecule has 0 aliphatic rings. The van der Waals surface area contributed by atoms with Crippen LogP contribution in [0.25, 0.3) is 0 Å². The fourth-order valence-electron chi connectivity index (χ4n) is 1.87. The van der Waals surface area contributed by atoms with Gasteiger partial charge >= 0.3 is 0 Å². The molecule has 96 valence electrons. The van der Waals surface area contributed by atoms with Crippen LogP contribution in [0.4, 0.5) is 4.39 Å². The Morgan fingerprint density at radius 3 is 2.76 bits per heavy atom. The summed E-state index contributed by atoms with van der Waals surface area (Å²) in [6.45, 7) is 5.36. The summed E-state index contributed by atoms with van der Waals surface area (Å²) in [6.07, 6.45) is 4.05. The van der Waals surface area contributed by atoms with Gasteiger partial charge in [0.2, 0.25) is 0 Å². The molecule has 0 radical (unpaired) electrons. The van der Waals surface area contributed by atoms with Gasteiger partial charge in [0.25, 0.3) is 0 Å². The summed E-state index contributed by atoms with van der Waals surface area (Å²) >= 11 is 5.93. The van der Waals surface area contributed by atoms with Gasteiger partial charge in [0.15, 0.2) is 0 Å². The molecule has 0 fully saturated rings. The highest BCUT2D eigenvalue weighted by Crippen LogP contribution is 2.21. The second kappa shape index (κ2) is 7.67. The van der Waals surface area contributed by atoms with E-state index in [9.17, 15) is 4.39 Å². The van der Waals surface area contributed by atoms with E-state index in [1.54, 1.807) is 6.07 Å². The Hall–Kier alpha value is -0.600. The molecule has 0 saturated carbocycles. The van der Waals surface area contributed by atoms with Gasteiger partial charge in [-0.15, -0.1) is 0 Å². The number of hydrogen-bond donors (Lipinski definition) is 1. The summed E-state index contributed by atoms with van der Waals surface area (Å²) in [6, 6.07) is 5.52. The van der Waals surface area contributed by atoms with Gasteiger partial charge in [-0.1, -0.05) is 37.6 Å². The van der Waals surface area contributed by atoms with Crippen LogP contribution in [0.15, 0.2) is 18.2 Å². The highest BCUT2D eigenvalue weighted by atomic mass is 35.5. The van der Waals surface area contributed by atoms with Crippen LogP contribution in [0.5, 0.6) is 0 Å². The Kier molecular flexibility index (Phi) is 6.53. The molecule has 1 rings (SSSR count). The standard InChI is InChI=1S/C14H21ClFN/c1-3-10-17-12(4-2)9-8-11-6-5-7-13(16)14(11)15/h5-7,12,17H,3-4,8-10H2,1-2H3. The van der Waals surface area contributed by atoms with Crippen LogP contribution >= 0.6 is 11.6 Å². The van der Waals surface area contributed by atoms with E-state index in [-0.39, 0.29) is 10.8 Å². The third-order valence-electron chi connectivity index (χ3n) is 2.97. The molecule has 0 aliphatic carbocycles. The normalized spacial score (nSPS) is 12.7. The quantitative estimate of drug-likeness (QED) is 0.772. The molecule has 1 atom stereocenters. The summed E-state index contributed by atoms with van der Waals surface area (Å²) in [5, 5.41) is 3.76. The van der Waals surface area contributed by atoms with Crippen LogP contribution in [-0.2, 0) is 6.42 Å². The lowest BCUT2D eigenvalue weighted by Gasteiger charge is -2.16. The van der Waals surface area contributed by atoms with E-state index in [1.165, 1.54) is 6.07 Å². The number of nitrogens with one attached hydrogen (secondary N) is 1. The zero-order chi connectivity index (χ0) is 12.7. The van der Waals surface area contributed by atoms with Gasteiger partial charge in [0.1, 0.15) is 5.82 Å². The molecule has 17 heavy (non-hydrogen) atoms. The first-order valence-corrected chi connectivity index (χ1v) is 6.73. The molecule has 0 spiro atoms. The van der Waals surface area contributed by atoms with Crippen molar-refractivity contribution in [3.8, 4) is 0 Å². The Morgan fingerprint density at radius 2 is 2.12 bits per heavy atom. The van der Waals surface area contributed by atoms with Crippen LogP contribution in [0, 0.1) is 5.82 Å². The summed E-state index contributed by atoms with van der Waals surface area (Å²) in [7, 11) is 0. The molecule has 1 aromatic rings. The van der Waals surface area contributed by atoms with Crippen molar-refractivity contribution >= 4 is 11.6 Å². The Morgan fingerprint density at radius 1 is 1.35 bits per heavy atom. The molecule has 1 aromatic carbocycles. The molecule has 0 saturated heterocycles. The minimum absolute atomic E-state index is 0.276. The summed E-state index contributed by atoms with van der Waals surface area (Å²) < 4.78 is 13.2. The maximum Gasteiger partial charge on any atom is 0.142 e. The smallest absolute Gasteiger partial charge is 0.142 e. The number of benzene rings is 1. The van der Waals surface area contributed by atoms with Crippen LogP contribution in [-0.4, -0.2) is 12.6 Å². The van der Waals surface area contributed by atoms with Crippen molar-refractivity contribution in [2.45, 2.75) is 45.6 Å². The minimum Gasteiger partial charge on any atom is -0.314 e. The van der Waals surface area contributed by atoms with Crippen LogP contribution < -0.4 is 5.32 Å². The summed E-state index contributed by atoms with van der Waals surface area (Å²) in [5.74, 6) is -0.321. The van der Waals surface area contributed by atoms with E-state index < -0.39 is 0 Å². The molecular weight excluding hydrogens is 237 g/mol. The van der Waals surface area contributed by atoms with Crippen molar-refractivity contribution < 1.29 is 4.39 Å². The topological polar surface area (TPSA) is 12.0 Å². The zero-order valence-electron chi connectivity index (χ0n) is 10.6. The molecule has 1 N–H and O–H groups in total. The first-order chi connectivity index (χ1) is 8.19. The lowest BCUT2D eigenvalue weighted by atomic mass is 10.0. The van der Waals surface area contributed by atoms with Crippen molar-refractivity contribution in [2.24, 2.45) is 0 Å². The third kappa shape index (κ3) is 4.64. The van der Waals surface area contributed by atoms with Gasteiger partial charge in [0, 0.05) is 6.04 Å². The minimum atomic E-state index is -0.321. The SMILES string of the molecule is CCCNC(CC)CCc1cccc(F)c1Cl. The molecule has 0 aromatic heterocycles. The van der Waals surface area contributed by atoms with Crippen molar-refractivity contribution in [1.82, 2.24) is 5.32 Å². The number of halogens is 2. The van der Waals surface area contributed by atoms with Gasteiger partial charge < -0.3 is 5.32 Å². The molecule has 0 bridgehead atoms. The van der Waals surface area contributed by atoms with Crippen LogP contribution in [0.2, 0.25) is 5.02 Å². The fourth-order valence-corrected chi connectivity index (χ4v) is 2.09. The average Bonchev–Trinajstić information content (AvgIpc) is 2.34. The van der Waals surface area contributed by atoms with E-state index >= 15 is 0 Å².